The molecule has 27 heavy (non-hydrogen) atoms. The minimum Gasteiger partial charge on any atom is -0.324 e. The fraction of sp³-hybridized carbons (Fsp3) is 0.217. The Morgan fingerprint density at radius 1 is 0.926 bits per heavy atom. The van der Waals surface area contributed by atoms with E-state index in [4.69, 9.17) is 0 Å². The number of likely N-dealkylation sites (N-methyl/N-ethyl adjacent to an activating group) is 1. The zero-order valence-corrected chi connectivity index (χ0v) is 15.7. The van der Waals surface area contributed by atoms with Gasteiger partial charge in [0, 0.05) is 24.0 Å². The average molecular weight is 359 g/mol. The van der Waals surface area contributed by atoms with E-state index in [1.807, 2.05) is 61.6 Å². The van der Waals surface area contributed by atoms with Crippen molar-refractivity contribution in [3.05, 3.63) is 95.8 Å². The molecule has 3 aromatic rings. The van der Waals surface area contributed by atoms with Gasteiger partial charge in [-0.2, -0.15) is 0 Å². The number of carbonyl (C=O) groups excluding carboxylic acids is 1. The highest BCUT2D eigenvalue weighted by molar-refractivity contribution is 5.96. The van der Waals surface area contributed by atoms with Crippen molar-refractivity contribution in [3.63, 3.8) is 0 Å². The molecule has 0 saturated heterocycles. The maximum atomic E-state index is 13.2. The summed E-state index contributed by atoms with van der Waals surface area (Å²) in [5.41, 5.74) is 4.13. The molecule has 138 valence electrons. The van der Waals surface area contributed by atoms with E-state index in [-0.39, 0.29) is 11.8 Å². The highest BCUT2D eigenvalue weighted by Crippen LogP contribution is 2.29. The van der Waals surface area contributed by atoms with Crippen molar-refractivity contribution in [3.8, 4) is 0 Å². The van der Waals surface area contributed by atoms with Crippen LogP contribution in [0.15, 0.2) is 79.1 Å². The Labute approximate surface area is 160 Å². The molecule has 0 spiro atoms. The first-order valence-corrected chi connectivity index (χ1v) is 9.25. The number of aryl methyl sites for hydroxylation is 1. The smallest absolute Gasteiger partial charge is 0.242 e. The van der Waals surface area contributed by atoms with Crippen LogP contribution < -0.4 is 10.6 Å². The van der Waals surface area contributed by atoms with Crippen LogP contribution in [0.1, 0.15) is 29.5 Å². The van der Waals surface area contributed by atoms with Crippen LogP contribution in [0.5, 0.6) is 0 Å². The monoisotopic (exact) mass is 359 g/mol. The maximum absolute atomic E-state index is 13.2. The molecule has 3 rings (SSSR count). The maximum Gasteiger partial charge on any atom is 0.242 e. The summed E-state index contributed by atoms with van der Waals surface area (Å²) in [6.07, 6.45) is 4.40. The molecule has 1 aromatic heterocycles. The topological polar surface area (TPSA) is 54.0 Å². The predicted molar refractivity (Wildman–Crippen MR) is 110 cm³/mol. The molecule has 2 aromatic carbocycles. The molecule has 0 fully saturated rings. The van der Waals surface area contributed by atoms with Crippen LogP contribution in [0.2, 0.25) is 0 Å². The molecule has 1 unspecified atom stereocenters. The van der Waals surface area contributed by atoms with Gasteiger partial charge in [-0.15, -0.1) is 0 Å². The zero-order chi connectivity index (χ0) is 19.1. The minimum atomic E-state index is -0.417. The minimum absolute atomic E-state index is 0.0518. The summed E-state index contributed by atoms with van der Waals surface area (Å²) in [4.78, 5) is 17.3. The van der Waals surface area contributed by atoms with Crippen LogP contribution in [-0.4, -0.2) is 24.0 Å². The van der Waals surface area contributed by atoms with Gasteiger partial charge in [-0.1, -0.05) is 55.5 Å². The second kappa shape index (κ2) is 9.10. The van der Waals surface area contributed by atoms with Crippen molar-refractivity contribution in [2.45, 2.75) is 25.3 Å². The van der Waals surface area contributed by atoms with E-state index < -0.39 is 6.04 Å². The van der Waals surface area contributed by atoms with Crippen LogP contribution in [0.25, 0.3) is 0 Å². The van der Waals surface area contributed by atoms with E-state index in [2.05, 4.69) is 34.7 Å². The number of para-hydroxylation sites is 1. The number of amides is 1. The molecule has 0 bridgehead atoms. The number of carbonyl (C=O) groups is 1. The number of hydrogen-bond acceptors (Lipinski definition) is 3. The number of nitrogens with zero attached hydrogens (tertiary/aromatic N) is 1. The number of nitrogens with one attached hydrogen (secondary N) is 2. The van der Waals surface area contributed by atoms with Crippen molar-refractivity contribution >= 4 is 11.6 Å². The fourth-order valence-corrected chi connectivity index (χ4v) is 3.42. The van der Waals surface area contributed by atoms with Crippen LogP contribution in [0.4, 0.5) is 5.69 Å². The van der Waals surface area contributed by atoms with E-state index in [1.54, 1.807) is 12.4 Å². The number of hydrogen-bond donors (Lipinski definition) is 2. The van der Waals surface area contributed by atoms with Crippen molar-refractivity contribution < 1.29 is 4.79 Å². The van der Waals surface area contributed by atoms with Crippen LogP contribution in [-0.2, 0) is 11.2 Å². The zero-order valence-electron chi connectivity index (χ0n) is 15.7. The summed E-state index contributed by atoms with van der Waals surface area (Å²) in [6.45, 7) is 2.09. The Kier molecular flexibility index (Phi) is 6.34. The second-order valence-electron chi connectivity index (χ2n) is 6.44. The fourth-order valence-electron chi connectivity index (χ4n) is 3.42. The average Bonchev–Trinajstić information content (AvgIpc) is 2.73. The van der Waals surface area contributed by atoms with Crippen molar-refractivity contribution in [2.24, 2.45) is 0 Å². The summed E-state index contributed by atoms with van der Waals surface area (Å²) in [7, 11) is 1.83. The summed E-state index contributed by atoms with van der Waals surface area (Å²) < 4.78 is 0. The molecule has 1 amide bonds. The molecule has 0 aliphatic rings. The Hall–Kier alpha value is -2.98. The molecule has 0 saturated carbocycles. The first-order valence-electron chi connectivity index (χ1n) is 9.25. The van der Waals surface area contributed by atoms with Gasteiger partial charge in [-0.05, 0) is 48.4 Å². The predicted octanol–water partition coefficient (Wildman–Crippen LogP) is 4.00. The van der Waals surface area contributed by atoms with Crippen LogP contribution >= 0.6 is 0 Å². The highest BCUT2D eigenvalue weighted by atomic mass is 16.2. The molecular formula is C23H25N3O. The van der Waals surface area contributed by atoms with Crippen LogP contribution in [0.3, 0.4) is 0 Å². The second-order valence-corrected chi connectivity index (χ2v) is 6.44. The van der Waals surface area contributed by atoms with Crippen molar-refractivity contribution in [1.82, 2.24) is 10.3 Å². The van der Waals surface area contributed by atoms with E-state index in [9.17, 15) is 4.79 Å². The molecule has 2 N–H and O–H groups in total. The molecule has 4 nitrogen and oxygen atoms in total. The Bertz CT molecular complexity index is 826. The van der Waals surface area contributed by atoms with Gasteiger partial charge in [0.05, 0.1) is 6.04 Å². The van der Waals surface area contributed by atoms with Gasteiger partial charge >= 0.3 is 0 Å². The summed E-state index contributed by atoms with van der Waals surface area (Å²) in [5.74, 6) is -0.169. The van der Waals surface area contributed by atoms with Crippen molar-refractivity contribution in [1.29, 1.82) is 0 Å². The molecule has 0 aliphatic heterocycles. The van der Waals surface area contributed by atoms with E-state index in [0.29, 0.717) is 0 Å². The van der Waals surface area contributed by atoms with E-state index in [0.717, 1.165) is 28.8 Å². The number of aromatic nitrogens is 1. The van der Waals surface area contributed by atoms with Gasteiger partial charge < -0.3 is 10.6 Å². The number of rotatable bonds is 7. The Balaban J connectivity index is 1.95. The molecular weight excluding hydrogens is 334 g/mol. The summed E-state index contributed by atoms with van der Waals surface area (Å²) in [5, 5.41) is 6.34. The highest BCUT2D eigenvalue weighted by Gasteiger charge is 2.30. The number of pyridine rings is 1. The standard InChI is InChI=1S/C23H25N3O/c1-3-17-9-7-8-12-20(17)26-23(27)22(24-2)21(18-10-5-4-6-11-18)19-13-15-25-16-14-19/h4-16,21-22,24H,3H2,1-2H3,(H,26,27)/t21?,22-/m0/s1. The summed E-state index contributed by atoms with van der Waals surface area (Å²) >= 11 is 0. The molecule has 1 heterocycles. The molecule has 2 atom stereocenters. The lowest BCUT2D eigenvalue weighted by Gasteiger charge is -2.27. The number of anilines is 1. The molecule has 0 radical (unpaired) electrons. The molecule has 0 aliphatic carbocycles. The third kappa shape index (κ3) is 4.41. The first kappa shape index (κ1) is 18.8. The number of benzene rings is 2. The van der Waals surface area contributed by atoms with Crippen LogP contribution in [0, 0.1) is 0 Å². The quantitative estimate of drug-likeness (QED) is 0.670. The lowest BCUT2D eigenvalue weighted by atomic mass is 9.85. The first-order chi connectivity index (χ1) is 13.2. The van der Waals surface area contributed by atoms with Crippen molar-refractivity contribution in [2.75, 3.05) is 12.4 Å². The molecule has 4 heteroatoms. The van der Waals surface area contributed by atoms with Gasteiger partial charge in [0.15, 0.2) is 0 Å². The van der Waals surface area contributed by atoms with Gasteiger partial charge in [-0.25, -0.2) is 0 Å². The summed E-state index contributed by atoms with van der Waals surface area (Å²) in [6, 6.07) is 21.6. The lowest BCUT2D eigenvalue weighted by molar-refractivity contribution is -0.118. The van der Waals surface area contributed by atoms with Gasteiger partial charge in [-0.3, -0.25) is 9.78 Å². The third-order valence-corrected chi connectivity index (χ3v) is 4.81. The normalized spacial score (nSPS) is 13.0. The van der Waals surface area contributed by atoms with Gasteiger partial charge in [0.25, 0.3) is 0 Å². The van der Waals surface area contributed by atoms with E-state index in [1.165, 1.54) is 0 Å². The lowest BCUT2D eigenvalue weighted by Crippen LogP contribution is -2.43. The largest absolute Gasteiger partial charge is 0.324 e. The van der Waals surface area contributed by atoms with Gasteiger partial charge in [0.1, 0.15) is 0 Å². The van der Waals surface area contributed by atoms with E-state index >= 15 is 0 Å². The Morgan fingerprint density at radius 3 is 2.22 bits per heavy atom. The van der Waals surface area contributed by atoms with Gasteiger partial charge in [0.2, 0.25) is 5.91 Å². The SMILES string of the molecule is CCc1ccccc1NC(=O)[C@@H](NC)C(c1ccccc1)c1ccncc1. The Morgan fingerprint density at radius 2 is 1.56 bits per heavy atom. The third-order valence-electron chi connectivity index (χ3n) is 4.81.